The summed E-state index contributed by atoms with van der Waals surface area (Å²) >= 11 is 2.07. The molecule has 0 spiro atoms. The molecule has 4 fully saturated rings. The molecule has 6 rings (SSSR count). The highest BCUT2D eigenvalue weighted by molar-refractivity contribution is 8.00. The van der Waals surface area contributed by atoms with Crippen molar-refractivity contribution in [2.24, 2.45) is 16.3 Å². The van der Waals surface area contributed by atoms with E-state index in [9.17, 15) is 28.7 Å². The van der Waals surface area contributed by atoms with Crippen LogP contribution in [0.4, 0.5) is 9.52 Å². The molecule has 5 aliphatic heterocycles. The van der Waals surface area contributed by atoms with E-state index >= 15 is 0 Å². The summed E-state index contributed by atoms with van der Waals surface area (Å²) in [6.07, 6.45) is 5.85. The number of thioether (sulfide) groups is 1. The molecule has 214 valence electrons. The number of carbonyl (C=O) groups excluding carboxylic acids is 4. The molecule has 1 aromatic heterocycles. The fraction of sp³-hybridized carbons (Fsp3) is 0.522. The van der Waals surface area contributed by atoms with Crippen LogP contribution in [0.5, 0.6) is 0 Å². The molecule has 0 aliphatic carbocycles. The second-order valence-electron chi connectivity index (χ2n) is 10.1. The number of β-lactam (4-membered cyclic amide) rings is 1. The van der Waals surface area contributed by atoms with Crippen molar-refractivity contribution in [1.29, 1.82) is 0 Å². The predicted octanol–water partition coefficient (Wildman–Crippen LogP) is -1.79. The Labute approximate surface area is 236 Å². The number of anilines is 1. The number of nitrogens with one attached hydrogen (secondary N) is 1. The second kappa shape index (κ2) is 10.8. The summed E-state index contributed by atoms with van der Waals surface area (Å²) < 4.78 is 17.2. The number of hydrogen-bond acceptors (Lipinski definition) is 12. The van der Waals surface area contributed by atoms with E-state index in [-0.39, 0.29) is 28.3 Å². The Morgan fingerprint density at radius 2 is 2.00 bits per heavy atom. The van der Waals surface area contributed by atoms with Gasteiger partial charge in [-0.25, -0.2) is 4.39 Å². The lowest BCUT2D eigenvalue weighted by Crippen LogP contribution is -2.71. The highest BCUT2D eigenvalue weighted by Gasteiger charge is 2.54. The quantitative estimate of drug-likeness (QED) is 0.120. The summed E-state index contributed by atoms with van der Waals surface area (Å²) in [6.45, 7) is 1.83. The van der Waals surface area contributed by atoms with Gasteiger partial charge in [0.15, 0.2) is 5.13 Å². The molecule has 0 saturated carbocycles. The third-order valence-electron chi connectivity index (χ3n) is 8.08. The fourth-order valence-electron chi connectivity index (χ4n) is 5.70. The van der Waals surface area contributed by atoms with Gasteiger partial charge in [0.2, 0.25) is 17.4 Å². The number of aromatic nitrogens is 2. The highest BCUT2D eigenvalue weighted by Crippen LogP contribution is 2.44. The van der Waals surface area contributed by atoms with Crippen molar-refractivity contribution in [2.75, 3.05) is 44.5 Å². The van der Waals surface area contributed by atoms with Crippen molar-refractivity contribution in [1.82, 2.24) is 19.6 Å². The van der Waals surface area contributed by atoms with E-state index in [4.69, 9.17) is 11.5 Å². The molecule has 0 unspecified atom stereocenters. The molecule has 17 heteroatoms. The van der Waals surface area contributed by atoms with Gasteiger partial charge in [-0.05, 0) is 11.6 Å². The van der Waals surface area contributed by atoms with Crippen LogP contribution < -0.4 is 21.9 Å². The number of halogens is 1. The number of rotatable bonds is 10. The van der Waals surface area contributed by atoms with Gasteiger partial charge < -0.3 is 36.0 Å². The Hall–Kier alpha value is -3.57. The van der Waals surface area contributed by atoms with Crippen LogP contribution in [0.15, 0.2) is 28.6 Å². The SMILES string of the molecule is NC(=O)C12CC[N+](C/C=C/C3=C(C(=O)[O-])N4C(=O)[C@@H](NC(=O)/C(=N\OCF)c5nsc(N)n5)[C@H]4SC3)(CC1)CC2. The van der Waals surface area contributed by atoms with Gasteiger partial charge in [0.1, 0.15) is 11.4 Å². The molecule has 2 atom stereocenters. The third-order valence-corrected chi connectivity index (χ3v) is 9.92. The van der Waals surface area contributed by atoms with E-state index in [0.29, 0.717) is 12.1 Å². The number of nitrogen functional groups attached to an aromatic ring is 1. The Kier molecular flexibility index (Phi) is 7.54. The number of quaternary nitrogens is 1. The molecular weight excluding hydrogens is 567 g/mol. The summed E-state index contributed by atoms with van der Waals surface area (Å²) in [7, 11) is 0. The number of oxime groups is 1. The van der Waals surface area contributed by atoms with Crippen molar-refractivity contribution in [3.63, 3.8) is 0 Å². The summed E-state index contributed by atoms with van der Waals surface area (Å²) in [5.74, 6) is -3.23. The Morgan fingerprint density at radius 3 is 2.58 bits per heavy atom. The number of primary amides is 1. The first-order valence-electron chi connectivity index (χ1n) is 12.5. The van der Waals surface area contributed by atoms with Crippen molar-refractivity contribution in [3.8, 4) is 0 Å². The maximum Gasteiger partial charge on any atom is 0.278 e. The average Bonchev–Trinajstić information content (AvgIpc) is 3.38. The number of carboxylic acids is 1. The van der Waals surface area contributed by atoms with Crippen LogP contribution in [0, 0.1) is 5.41 Å². The number of amides is 3. The number of nitrogens with two attached hydrogens (primary N) is 2. The van der Waals surface area contributed by atoms with Gasteiger partial charge in [-0.3, -0.25) is 19.3 Å². The van der Waals surface area contributed by atoms with Gasteiger partial charge in [0.05, 0.1) is 43.3 Å². The lowest BCUT2D eigenvalue weighted by atomic mass is 9.70. The van der Waals surface area contributed by atoms with E-state index in [2.05, 4.69) is 24.7 Å². The smallest absolute Gasteiger partial charge is 0.278 e. The summed E-state index contributed by atoms with van der Waals surface area (Å²) in [5.41, 5.74) is 10.5. The molecule has 6 heterocycles. The number of piperidine rings is 3. The van der Waals surface area contributed by atoms with E-state index in [1.807, 2.05) is 6.08 Å². The minimum Gasteiger partial charge on any atom is -0.543 e. The van der Waals surface area contributed by atoms with Gasteiger partial charge in [0, 0.05) is 36.5 Å². The van der Waals surface area contributed by atoms with Gasteiger partial charge in [0.25, 0.3) is 18.7 Å². The standard InChI is InChI=1S/C23H27FN8O6S2/c24-11-38-29-13(16-28-22(26)40-30-16)17(33)27-14-18(34)31-15(20(35)36)12(10-39-19(14)31)2-1-6-32-7-3-23(4-8-32,5-9-32)21(25)37/h1-2,14,19H,3-11H2,(H5-,25,26,27,28,30,33,35,36,37)/b2-1+,29-13-/t14-,19-,23?,32?/m1/s1. The predicted molar refractivity (Wildman–Crippen MR) is 139 cm³/mol. The fourth-order valence-corrected chi connectivity index (χ4v) is 7.45. The minimum atomic E-state index is -1.50. The van der Waals surface area contributed by atoms with Crippen LogP contribution in [0.3, 0.4) is 0 Å². The minimum absolute atomic E-state index is 0.0398. The number of hydrogen-bond donors (Lipinski definition) is 3. The largest absolute Gasteiger partial charge is 0.543 e. The first-order chi connectivity index (χ1) is 19.1. The van der Waals surface area contributed by atoms with E-state index < -0.39 is 47.2 Å². The van der Waals surface area contributed by atoms with Crippen LogP contribution >= 0.6 is 23.3 Å². The molecule has 14 nitrogen and oxygen atoms in total. The normalized spacial score (nSPS) is 29.8. The number of alkyl halides is 1. The zero-order valence-electron chi connectivity index (χ0n) is 21.2. The molecule has 5 aliphatic rings. The van der Waals surface area contributed by atoms with E-state index in [1.54, 1.807) is 6.08 Å². The van der Waals surface area contributed by atoms with Crippen molar-refractivity contribution >= 4 is 57.8 Å². The number of allylic oxidation sites excluding steroid dienone is 1. The first kappa shape index (κ1) is 28.0. The monoisotopic (exact) mass is 594 g/mol. The average molecular weight is 595 g/mol. The van der Waals surface area contributed by atoms with Crippen molar-refractivity contribution < 1.29 is 38.0 Å². The zero-order valence-corrected chi connectivity index (χ0v) is 22.8. The molecule has 1 aromatic rings. The van der Waals surface area contributed by atoms with Gasteiger partial charge >= 0.3 is 0 Å². The topological polar surface area (TPSA) is 206 Å². The van der Waals surface area contributed by atoms with Crippen LogP contribution in [0.2, 0.25) is 0 Å². The van der Waals surface area contributed by atoms with E-state index in [0.717, 1.165) is 59.8 Å². The number of nitrogens with zero attached hydrogens (tertiary/aromatic N) is 5. The molecule has 0 aromatic carbocycles. The maximum absolute atomic E-state index is 13.0. The number of aliphatic carboxylic acids is 1. The lowest BCUT2D eigenvalue weighted by Gasteiger charge is -2.53. The zero-order chi connectivity index (χ0) is 28.7. The number of carbonyl (C=O) groups is 4. The lowest BCUT2D eigenvalue weighted by molar-refractivity contribution is -0.939. The molecule has 3 amide bonds. The highest BCUT2D eigenvalue weighted by atomic mass is 32.2. The Balaban J connectivity index is 1.27. The molecular formula is C23H27FN8O6S2. The van der Waals surface area contributed by atoms with Gasteiger partial charge in [-0.1, -0.05) is 11.2 Å². The molecule has 4 saturated heterocycles. The maximum atomic E-state index is 13.0. The first-order valence-corrected chi connectivity index (χ1v) is 14.3. The summed E-state index contributed by atoms with van der Waals surface area (Å²) in [5, 5.41) is 17.3. The van der Waals surface area contributed by atoms with Crippen LogP contribution in [0.1, 0.15) is 25.1 Å². The van der Waals surface area contributed by atoms with Gasteiger partial charge in [-0.15, -0.1) is 11.8 Å². The van der Waals surface area contributed by atoms with Crippen LogP contribution in [-0.2, 0) is 24.0 Å². The Bertz CT molecular complexity index is 1320. The summed E-state index contributed by atoms with van der Waals surface area (Å²) in [4.78, 5) is 59.1. The molecule has 5 N–H and O–H groups in total. The van der Waals surface area contributed by atoms with Crippen LogP contribution in [-0.4, -0.2) is 98.4 Å². The molecule has 0 radical (unpaired) electrons. The molecule has 40 heavy (non-hydrogen) atoms. The summed E-state index contributed by atoms with van der Waals surface area (Å²) in [6, 6.07) is -1.07. The third kappa shape index (κ3) is 4.92. The van der Waals surface area contributed by atoms with E-state index in [1.165, 1.54) is 11.8 Å². The van der Waals surface area contributed by atoms with Crippen molar-refractivity contribution in [3.05, 3.63) is 29.2 Å². The van der Waals surface area contributed by atoms with Crippen molar-refractivity contribution in [2.45, 2.75) is 30.7 Å². The number of carboxylic acid groups (broad SMARTS) is 1. The molecule has 2 bridgehead atoms. The van der Waals surface area contributed by atoms with Gasteiger partial charge in [-0.2, -0.15) is 9.36 Å². The Morgan fingerprint density at radius 1 is 1.30 bits per heavy atom. The number of fused-ring (bicyclic) bond motifs is 4. The second-order valence-corrected chi connectivity index (χ2v) is 12.0. The van der Waals surface area contributed by atoms with Crippen LogP contribution in [0.25, 0.3) is 0 Å².